The van der Waals surface area contributed by atoms with E-state index in [2.05, 4.69) is 45.7 Å². The molecule has 0 unspecified atom stereocenters. The van der Waals surface area contributed by atoms with E-state index in [4.69, 9.17) is 0 Å². The first-order valence-electron chi connectivity index (χ1n) is 4.44. The summed E-state index contributed by atoms with van der Waals surface area (Å²) in [7, 11) is 0. The van der Waals surface area contributed by atoms with Crippen LogP contribution >= 0.6 is 27.3 Å². The fourth-order valence-electron chi connectivity index (χ4n) is 1.12. The van der Waals surface area contributed by atoms with Gasteiger partial charge in [0.15, 0.2) is 0 Å². The average Bonchev–Trinajstić information content (AvgIpc) is 2.62. The molecule has 74 valence electrons. The highest BCUT2D eigenvalue weighted by atomic mass is 79.9. The number of aromatic nitrogens is 1. The zero-order valence-electron chi connectivity index (χ0n) is 8.12. The van der Waals surface area contributed by atoms with Crippen LogP contribution in [-0.2, 0) is 0 Å². The molecular weight excluding hydrogens is 270 g/mol. The van der Waals surface area contributed by atoms with Crippen LogP contribution in [0.25, 0.3) is 0 Å². The van der Waals surface area contributed by atoms with Gasteiger partial charge in [-0.2, -0.15) is 0 Å². The Labute approximate surface area is 101 Å². The minimum absolute atomic E-state index is 0.816. The normalized spacial score (nSPS) is 9.47. The fourth-order valence-corrected chi connectivity index (χ4v) is 2.20. The van der Waals surface area contributed by atoms with E-state index in [9.17, 15) is 0 Å². The Morgan fingerprint density at radius 3 is 2.80 bits per heavy atom. The molecule has 0 radical (unpaired) electrons. The Morgan fingerprint density at radius 2 is 2.13 bits per heavy atom. The Hall–Kier alpha value is -1.11. The molecule has 0 aliphatic carbocycles. The highest BCUT2D eigenvalue weighted by molar-refractivity contribution is 9.10. The molecule has 0 amide bonds. The lowest BCUT2D eigenvalue weighted by Gasteiger charge is -1.89. The van der Waals surface area contributed by atoms with Crippen LogP contribution in [0.2, 0.25) is 0 Å². The van der Waals surface area contributed by atoms with Crippen LogP contribution < -0.4 is 0 Å². The molecule has 0 fully saturated rings. The second-order valence-electron chi connectivity index (χ2n) is 3.03. The Bertz CT molecular complexity index is 534. The van der Waals surface area contributed by atoms with E-state index in [1.54, 1.807) is 17.5 Å². The van der Waals surface area contributed by atoms with Gasteiger partial charge in [0.2, 0.25) is 0 Å². The van der Waals surface area contributed by atoms with Crippen molar-refractivity contribution in [1.29, 1.82) is 0 Å². The summed E-state index contributed by atoms with van der Waals surface area (Å²) in [6, 6.07) is 7.94. The zero-order valence-corrected chi connectivity index (χ0v) is 10.5. The van der Waals surface area contributed by atoms with E-state index < -0.39 is 0 Å². The van der Waals surface area contributed by atoms with E-state index in [-0.39, 0.29) is 0 Å². The van der Waals surface area contributed by atoms with Crippen LogP contribution in [0.15, 0.2) is 35.1 Å². The van der Waals surface area contributed by atoms with Gasteiger partial charge in [-0.15, -0.1) is 11.3 Å². The minimum atomic E-state index is 0.816. The van der Waals surface area contributed by atoms with Crippen LogP contribution in [0, 0.1) is 18.8 Å². The van der Waals surface area contributed by atoms with Crippen molar-refractivity contribution in [2.75, 3.05) is 0 Å². The van der Waals surface area contributed by atoms with Crippen molar-refractivity contribution in [2.45, 2.75) is 6.92 Å². The molecule has 2 rings (SSSR count). The molecule has 0 saturated carbocycles. The van der Waals surface area contributed by atoms with Crippen LogP contribution in [0.5, 0.6) is 0 Å². The second-order valence-corrected chi connectivity index (χ2v) is 5.13. The minimum Gasteiger partial charge on any atom is -0.249 e. The molecule has 0 atom stereocenters. The highest BCUT2D eigenvalue weighted by Crippen LogP contribution is 2.13. The van der Waals surface area contributed by atoms with Gasteiger partial charge in [-0.25, -0.2) is 4.98 Å². The summed E-state index contributed by atoms with van der Waals surface area (Å²) in [5, 5.41) is 0. The van der Waals surface area contributed by atoms with Crippen molar-refractivity contribution in [3.63, 3.8) is 0 Å². The summed E-state index contributed by atoms with van der Waals surface area (Å²) in [5.74, 6) is 6.23. The average molecular weight is 278 g/mol. The van der Waals surface area contributed by atoms with Gasteiger partial charge in [0.25, 0.3) is 0 Å². The van der Waals surface area contributed by atoms with E-state index in [0.29, 0.717) is 0 Å². The predicted molar refractivity (Wildman–Crippen MR) is 67.0 cm³/mol. The number of pyridine rings is 1. The predicted octanol–water partition coefficient (Wildman–Crippen LogP) is 3.61. The lowest BCUT2D eigenvalue weighted by Crippen LogP contribution is -1.77. The molecule has 0 aromatic carbocycles. The van der Waals surface area contributed by atoms with Gasteiger partial charge in [-0.05, 0) is 47.1 Å². The first-order chi connectivity index (χ1) is 7.24. The summed E-state index contributed by atoms with van der Waals surface area (Å²) >= 11 is 5.03. The number of aryl methyl sites for hydroxylation is 1. The standard InChI is InChI=1S/C12H8BrNS/c1-9-2-4-11(15-9)5-3-10-6-7-14-12(13)8-10/h2,4,6-8H,1H3. The van der Waals surface area contributed by atoms with Crippen LogP contribution in [-0.4, -0.2) is 4.98 Å². The van der Waals surface area contributed by atoms with Crippen molar-refractivity contribution >= 4 is 27.3 Å². The lowest BCUT2D eigenvalue weighted by atomic mass is 10.3. The summed E-state index contributed by atoms with van der Waals surface area (Å²) < 4.78 is 0.816. The Balaban J connectivity index is 2.25. The number of nitrogens with zero attached hydrogens (tertiary/aromatic N) is 1. The smallest absolute Gasteiger partial charge is 0.107 e. The maximum absolute atomic E-state index is 4.05. The zero-order chi connectivity index (χ0) is 10.7. The van der Waals surface area contributed by atoms with Crippen molar-refractivity contribution in [3.8, 4) is 11.8 Å². The molecule has 0 spiro atoms. The van der Waals surface area contributed by atoms with Crippen molar-refractivity contribution in [3.05, 3.63) is 50.4 Å². The maximum atomic E-state index is 4.05. The largest absolute Gasteiger partial charge is 0.249 e. The molecule has 3 heteroatoms. The van der Waals surface area contributed by atoms with E-state index in [1.807, 2.05) is 18.2 Å². The Kier molecular flexibility index (Phi) is 3.20. The first kappa shape index (κ1) is 10.4. The quantitative estimate of drug-likeness (QED) is 0.530. The SMILES string of the molecule is Cc1ccc(C#Cc2ccnc(Br)c2)s1. The third-order valence-corrected chi connectivity index (χ3v) is 3.15. The number of rotatable bonds is 0. The maximum Gasteiger partial charge on any atom is 0.107 e. The molecule has 2 aromatic rings. The molecule has 1 nitrogen and oxygen atoms in total. The Morgan fingerprint density at radius 1 is 1.27 bits per heavy atom. The molecule has 0 N–H and O–H groups in total. The highest BCUT2D eigenvalue weighted by Gasteiger charge is 1.92. The van der Waals surface area contributed by atoms with Crippen molar-refractivity contribution in [2.24, 2.45) is 0 Å². The van der Waals surface area contributed by atoms with Crippen LogP contribution in [0.4, 0.5) is 0 Å². The van der Waals surface area contributed by atoms with Gasteiger partial charge in [0, 0.05) is 16.6 Å². The van der Waals surface area contributed by atoms with E-state index >= 15 is 0 Å². The molecule has 0 aliphatic heterocycles. The van der Waals surface area contributed by atoms with Gasteiger partial charge in [0.1, 0.15) is 4.60 Å². The van der Waals surface area contributed by atoms with Crippen LogP contribution in [0.3, 0.4) is 0 Å². The fraction of sp³-hybridized carbons (Fsp3) is 0.0833. The van der Waals surface area contributed by atoms with Crippen molar-refractivity contribution < 1.29 is 0 Å². The third kappa shape index (κ3) is 2.92. The molecule has 2 aromatic heterocycles. The number of halogens is 1. The van der Waals surface area contributed by atoms with Crippen molar-refractivity contribution in [1.82, 2.24) is 4.98 Å². The molecule has 0 saturated heterocycles. The topological polar surface area (TPSA) is 12.9 Å². The number of thiophene rings is 1. The summed E-state index contributed by atoms with van der Waals surface area (Å²) in [5.41, 5.74) is 0.975. The second kappa shape index (κ2) is 4.61. The molecular formula is C12H8BrNS. The monoisotopic (exact) mass is 277 g/mol. The van der Waals surface area contributed by atoms with Gasteiger partial charge in [-0.1, -0.05) is 11.8 Å². The summed E-state index contributed by atoms with van der Waals surface area (Å²) in [6.07, 6.45) is 1.74. The van der Waals surface area contributed by atoms with Gasteiger partial charge in [0.05, 0.1) is 4.88 Å². The summed E-state index contributed by atoms with van der Waals surface area (Å²) in [6.45, 7) is 2.08. The molecule has 15 heavy (non-hydrogen) atoms. The van der Waals surface area contributed by atoms with E-state index in [1.165, 1.54) is 4.88 Å². The van der Waals surface area contributed by atoms with E-state index in [0.717, 1.165) is 15.0 Å². The van der Waals surface area contributed by atoms with Gasteiger partial charge < -0.3 is 0 Å². The lowest BCUT2D eigenvalue weighted by molar-refractivity contribution is 1.27. The summed E-state index contributed by atoms with van der Waals surface area (Å²) in [4.78, 5) is 6.44. The first-order valence-corrected chi connectivity index (χ1v) is 6.05. The van der Waals surface area contributed by atoms with Gasteiger partial charge in [-0.3, -0.25) is 0 Å². The third-order valence-electron chi connectivity index (χ3n) is 1.80. The molecule has 2 heterocycles. The van der Waals surface area contributed by atoms with Gasteiger partial charge >= 0.3 is 0 Å². The number of hydrogen-bond acceptors (Lipinski definition) is 2. The number of hydrogen-bond donors (Lipinski definition) is 0. The van der Waals surface area contributed by atoms with Crippen LogP contribution in [0.1, 0.15) is 15.3 Å². The molecule has 0 bridgehead atoms. The molecule has 0 aliphatic rings.